The lowest BCUT2D eigenvalue weighted by Gasteiger charge is -2.10. The van der Waals surface area contributed by atoms with Crippen molar-refractivity contribution < 1.29 is 9.72 Å². The molecule has 0 bridgehead atoms. The first-order chi connectivity index (χ1) is 8.66. The molecule has 0 saturated carbocycles. The van der Waals surface area contributed by atoms with Crippen LogP contribution in [0.15, 0.2) is 24.3 Å². The third-order valence-electron chi connectivity index (χ3n) is 2.62. The molecule has 1 aromatic carbocycles. The second kappa shape index (κ2) is 5.83. The van der Waals surface area contributed by atoms with Crippen molar-refractivity contribution in [2.45, 2.75) is 12.6 Å². The van der Waals surface area contributed by atoms with Crippen LogP contribution < -0.4 is 10.6 Å². The van der Waals surface area contributed by atoms with E-state index >= 15 is 0 Å². The number of nitro groups is 1. The van der Waals surface area contributed by atoms with Crippen molar-refractivity contribution in [2.75, 3.05) is 11.6 Å². The molecular formula is C11H13N3O3S. The van der Waals surface area contributed by atoms with Gasteiger partial charge in [-0.3, -0.25) is 20.2 Å². The summed E-state index contributed by atoms with van der Waals surface area (Å²) in [4.78, 5) is 21.9. The van der Waals surface area contributed by atoms with Crippen molar-refractivity contribution in [3.8, 4) is 0 Å². The molecule has 2 rings (SSSR count). The highest BCUT2D eigenvalue weighted by atomic mass is 32.2. The lowest BCUT2D eigenvalue weighted by Crippen LogP contribution is -2.41. The Balaban J connectivity index is 1.91. The number of benzene rings is 1. The topological polar surface area (TPSA) is 84.3 Å². The van der Waals surface area contributed by atoms with Gasteiger partial charge >= 0.3 is 0 Å². The van der Waals surface area contributed by atoms with Gasteiger partial charge in [0.1, 0.15) is 0 Å². The Hall–Kier alpha value is -1.60. The maximum absolute atomic E-state index is 11.7. The van der Waals surface area contributed by atoms with E-state index in [1.165, 1.54) is 12.1 Å². The maximum atomic E-state index is 11.7. The van der Waals surface area contributed by atoms with Crippen LogP contribution in [0.25, 0.3) is 0 Å². The number of hydrogen-bond donors (Lipinski definition) is 2. The molecule has 0 aliphatic carbocycles. The minimum Gasteiger partial charge on any atom is -0.351 e. The lowest BCUT2D eigenvalue weighted by molar-refractivity contribution is -0.384. The summed E-state index contributed by atoms with van der Waals surface area (Å²) in [6.45, 7) is 0.309. The molecule has 1 saturated heterocycles. The van der Waals surface area contributed by atoms with Gasteiger partial charge in [0, 0.05) is 30.3 Å². The Labute approximate surface area is 108 Å². The molecule has 18 heavy (non-hydrogen) atoms. The van der Waals surface area contributed by atoms with E-state index in [2.05, 4.69) is 10.6 Å². The molecule has 2 N–H and O–H groups in total. The van der Waals surface area contributed by atoms with Gasteiger partial charge in [0.05, 0.1) is 11.0 Å². The van der Waals surface area contributed by atoms with Gasteiger partial charge in [0.2, 0.25) is 5.91 Å². The predicted molar refractivity (Wildman–Crippen MR) is 69.2 cm³/mol. The number of thioether (sulfide) groups is 1. The van der Waals surface area contributed by atoms with E-state index in [4.69, 9.17) is 0 Å². The average Bonchev–Trinajstić information content (AvgIpc) is 2.90. The van der Waals surface area contributed by atoms with E-state index in [1.807, 2.05) is 0 Å². The van der Waals surface area contributed by atoms with E-state index in [-0.39, 0.29) is 17.6 Å². The fourth-order valence-electron chi connectivity index (χ4n) is 1.66. The van der Waals surface area contributed by atoms with Crippen LogP contribution in [0.4, 0.5) is 5.69 Å². The number of nitrogens with zero attached hydrogens (tertiary/aromatic N) is 1. The molecule has 1 aromatic rings. The van der Waals surface area contributed by atoms with E-state index in [0.29, 0.717) is 6.54 Å². The molecule has 1 amide bonds. The number of nitrogens with one attached hydrogen (secondary N) is 2. The third-order valence-corrected chi connectivity index (χ3v) is 3.56. The molecule has 1 fully saturated rings. The Kier molecular flexibility index (Phi) is 4.16. The molecule has 1 unspecified atom stereocenters. The highest BCUT2D eigenvalue weighted by Crippen LogP contribution is 2.13. The zero-order valence-corrected chi connectivity index (χ0v) is 10.4. The summed E-state index contributed by atoms with van der Waals surface area (Å²) in [5.41, 5.74) is 0.763. The number of hydrogen-bond acceptors (Lipinski definition) is 5. The van der Waals surface area contributed by atoms with Crippen LogP contribution in [0.5, 0.6) is 0 Å². The van der Waals surface area contributed by atoms with Crippen LogP contribution in [0.3, 0.4) is 0 Å². The average molecular weight is 267 g/mol. The number of amides is 1. The second-order valence-electron chi connectivity index (χ2n) is 3.92. The summed E-state index contributed by atoms with van der Waals surface area (Å²) < 4.78 is 0. The van der Waals surface area contributed by atoms with Crippen LogP contribution in [0, 0.1) is 10.1 Å². The smallest absolute Gasteiger partial charge is 0.269 e. The quantitative estimate of drug-likeness (QED) is 0.624. The van der Waals surface area contributed by atoms with Crippen molar-refractivity contribution in [1.82, 2.24) is 10.6 Å². The van der Waals surface area contributed by atoms with Gasteiger partial charge in [-0.1, -0.05) is 12.1 Å². The fourth-order valence-corrected chi connectivity index (χ4v) is 2.60. The molecule has 0 aromatic heterocycles. The number of carbonyl (C=O) groups excluding carboxylic acids is 1. The van der Waals surface area contributed by atoms with Crippen molar-refractivity contribution in [3.05, 3.63) is 39.9 Å². The van der Waals surface area contributed by atoms with Gasteiger partial charge < -0.3 is 5.32 Å². The number of nitro benzene ring substituents is 1. The summed E-state index contributed by atoms with van der Waals surface area (Å²) in [5.74, 6) is 1.49. The van der Waals surface area contributed by atoms with E-state index in [0.717, 1.165) is 17.2 Å². The van der Waals surface area contributed by atoms with Gasteiger partial charge in [0.25, 0.3) is 5.69 Å². The molecule has 0 radical (unpaired) electrons. The normalized spacial score (nSPS) is 18.6. The van der Waals surface area contributed by atoms with Crippen LogP contribution in [-0.4, -0.2) is 28.5 Å². The second-order valence-corrected chi connectivity index (χ2v) is 4.95. The number of rotatable bonds is 4. The molecule has 1 atom stereocenters. The number of non-ortho nitro benzene ring substituents is 1. The van der Waals surface area contributed by atoms with E-state index in [1.54, 1.807) is 23.9 Å². The molecule has 6 nitrogen and oxygen atoms in total. The molecule has 96 valence electrons. The minimum absolute atomic E-state index is 0.0382. The summed E-state index contributed by atoms with van der Waals surface area (Å²) >= 11 is 1.68. The fraction of sp³-hybridized carbons (Fsp3) is 0.364. The SMILES string of the molecule is O=C(NCc1cccc([N+](=O)[O-])c1)C1CSCN1. The Morgan fingerprint density at radius 3 is 3.11 bits per heavy atom. The van der Waals surface area contributed by atoms with Gasteiger partial charge in [-0.05, 0) is 5.56 Å². The highest BCUT2D eigenvalue weighted by molar-refractivity contribution is 7.99. The van der Waals surface area contributed by atoms with Crippen LogP contribution in [-0.2, 0) is 11.3 Å². The first-order valence-corrected chi connectivity index (χ1v) is 6.64. The van der Waals surface area contributed by atoms with E-state index < -0.39 is 4.92 Å². The number of carbonyl (C=O) groups is 1. The molecule has 7 heteroatoms. The van der Waals surface area contributed by atoms with Crippen LogP contribution >= 0.6 is 11.8 Å². The first-order valence-electron chi connectivity index (χ1n) is 5.49. The predicted octanol–water partition coefficient (Wildman–Crippen LogP) is 0.873. The van der Waals surface area contributed by atoms with Gasteiger partial charge in [-0.25, -0.2) is 0 Å². The molecule has 1 aliphatic heterocycles. The van der Waals surface area contributed by atoms with Crippen molar-refractivity contribution in [3.63, 3.8) is 0 Å². The van der Waals surface area contributed by atoms with Gasteiger partial charge in [0.15, 0.2) is 0 Å². The molecule has 1 aliphatic rings. The summed E-state index contributed by atoms with van der Waals surface area (Å²) in [6, 6.07) is 6.11. The Morgan fingerprint density at radius 1 is 1.61 bits per heavy atom. The highest BCUT2D eigenvalue weighted by Gasteiger charge is 2.21. The summed E-state index contributed by atoms with van der Waals surface area (Å²) in [7, 11) is 0. The van der Waals surface area contributed by atoms with Crippen molar-refractivity contribution in [1.29, 1.82) is 0 Å². The summed E-state index contributed by atoms with van der Waals surface area (Å²) in [5, 5.41) is 16.4. The Morgan fingerprint density at radius 2 is 2.44 bits per heavy atom. The van der Waals surface area contributed by atoms with E-state index in [9.17, 15) is 14.9 Å². The standard InChI is InChI=1S/C11H13N3O3S/c15-11(10-6-18-7-13-10)12-5-8-2-1-3-9(4-8)14(16)17/h1-4,10,13H,5-7H2,(H,12,15). The maximum Gasteiger partial charge on any atom is 0.269 e. The van der Waals surface area contributed by atoms with Crippen molar-refractivity contribution in [2.24, 2.45) is 0 Å². The monoisotopic (exact) mass is 267 g/mol. The zero-order chi connectivity index (χ0) is 13.0. The molecule has 0 spiro atoms. The third kappa shape index (κ3) is 3.21. The van der Waals surface area contributed by atoms with Crippen molar-refractivity contribution >= 4 is 23.4 Å². The minimum atomic E-state index is -0.444. The summed E-state index contributed by atoms with van der Waals surface area (Å²) in [6.07, 6.45) is 0. The largest absolute Gasteiger partial charge is 0.351 e. The first kappa shape index (κ1) is 12.8. The van der Waals surface area contributed by atoms with Crippen LogP contribution in [0.1, 0.15) is 5.56 Å². The van der Waals surface area contributed by atoms with Crippen LogP contribution in [0.2, 0.25) is 0 Å². The molecule has 1 heterocycles. The molecular weight excluding hydrogens is 254 g/mol. The zero-order valence-electron chi connectivity index (χ0n) is 9.59. The Bertz CT molecular complexity index is 461. The van der Waals surface area contributed by atoms with Gasteiger partial charge in [-0.2, -0.15) is 0 Å². The lowest BCUT2D eigenvalue weighted by atomic mass is 10.2. The van der Waals surface area contributed by atoms with Gasteiger partial charge in [-0.15, -0.1) is 11.8 Å².